The molecule has 0 saturated carbocycles. The summed E-state index contributed by atoms with van der Waals surface area (Å²) < 4.78 is 5.91. The van der Waals surface area contributed by atoms with Crippen molar-refractivity contribution < 1.29 is 9.32 Å². The van der Waals surface area contributed by atoms with E-state index in [-0.39, 0.29) is 5.91 Å². The molecule has 0 bridgehead atoms. The monoisotopic (exact) mass is 462 g/mol. The van der Waals surface area contributed by atoms with E-state index in [9.17, 15) is 4.79 Å². The van der Waals surface area contributed by atoms with Crippen LogP contribution in [0.15, 0.2) is 45.4 Å². The topological polar surface area (TPSA) is 80.9 Å². The first-order chi connectivity index (χ1) is 14.0. The number of halogens is 1. The molecule has 0 fully saturated rings. The highest BCUT2D eigenvalue weighted by atomic mass is 35.5. The van der Waals surface area contributed by atoms with Gasteiger partial charge in [0.2, 0.25) is 0 Å². The van der Waals surface area contributed by atoms with E-state index in [0.717, 1.165) is 27.6 Å². The van der Waals surface area contributed by atoms with E-state index in [1.54, 1.807) is 18.3 Å². The van der Waals surface area contributed by atoms with Gasteiger partial charge in [-0.2, -0.15) is 0 Å². The van der Waals surface area contributed by atoms with E-state index >= 15 is 0 Å². The van der Waals surface area contributed by atoms with Crippen molar-refractivity contribution >= 4 is 57.1 Å². The molecular weight excluding hydrogens is 448 g/mol. The third-order valence-corrected chi connectivity index (χ3v) is 7.14. The summed E-state index contributed by atoms with van der Waals surface area (Å²) in [6, 6.07) is 7.25. The summed E-state index contributed by atoms with van der Waals surface area (Å²) in [6.07, 6.45) is 1.68. The van der Waals surface area contributed by atoms with Crippen molar-refractivity contribution in [1.82, 2.24) is 15.1 Å². The molecule has 4 aromatic rings. The largest absolute Gasteiger partial charge is 0.361 e. The van der Waals surface area contributed by atoms with E-state index in [1.165, 1.54) is 34.4 Å². The van der Waals surface area contributed by atoms with Crippen molar-refractivity contribution in [3.05, 3.63) is 62.8 Å². The number of aryl methyl sites for hydroxylation is 2. The first-order valence-corrected chi connectivity index (χ1v) is 11.6. The van der Waals surface area contributed by atoms with Gasteiger partial charge in [0, 0.05) is 22.9 Å². The molecule has 0 spiro atoms. The fraction of sp³-hybridized carbons (Fsp3) is 0.158. The lowest BCUT2D eigenvalue weighted by molar-refractivity contribution is 0.102. The van der Waals surface area contributed by atoms with Crippen LogP contribution in [0, 0.1) is 13.8 Å². The Balaban J connectivity index is 1.49. The van der Waals surface area contributed by atoms with E-state index < -0.39 is 0 Å². The Kier molecular flexibility index (Phi) is 6.00. The molecule has 4 aromatic heterocycles. The van der Waals surface area contributed by atoms with Crippen molar-refractivity contribution in [3.8, 4) is 10.6 Å². The number of hydrogen-bond acceptors (Lipinski definition) is 8. The van der Waals surface area contributed by atoms with Gasteiger partial charge in [0.05, 0.1) is 26.2 Å². The average Bonchev–Trinajstić information content (AvgIpc) is 3.42. The van der Waals surface area contributed by atoms with Crippen molar-refractivity contribution in [1.29, 1.82) is 0 Å². The molecule has 0 aliphatic rings. The first-order valence-electron chi connectivity index (χ1n) is 8.53. The molecule has 4 rings (SSSR count). The average molecular weight is 463 g/mol. The summed E-state index contributed by atoms with van der Waals surface area (Å²) in [5.41, 5.74) is 3.16. The highest BCUT2D eigenvalue weighted by Crippen LogP contribution is 2.33. The van der Waals surface area contributed by atoms with Gasteiger partial charge < -0.3 is 4.52 Å². The van der Waals surface area contributed by atoms with Gasteiger partial charge in [-0.3, -0.25) is 10.1 Å². The van der Waals surface area contributed by atoms with Crippen LogP contribution in [0.5, 0.6) is 0 Å². The van der Waals surface area contributed by atoms with Crippen LogP contribution in [0.25, 0.3) is 10.6 Å². The molecule has 0 aromatic carbocycles. The number of aromatic nitrogens is 3. The summed E-state index contributed by atoms with van der Waals surface area (Å²) in [6.45, 7) is 3.78. The number of carbonyl (C=O) groups is 1. The summed E-state index contributed by atoms with van der Waals surface area (Å²) >= 11 is 10.3. The summed E-state index contributed by atoms with van der Waals surface area (Å²) in [4.78, 5) is 22.7. The van der Waals surface area contributed by atoms with Crippen LogP contribution in [0.1, 0.15) is 27.4 Å². The minimum Gasteiger partial charge on any atom is -0.361 e. The second-order valence-corrected chi connectivity index (χ2v) is 9.58. The second-order valence-electron chi connectivity index (χ2n) is 6.04. The normalized spacial score (nSPS) is 11.0. The Morgan fingerprint density at radius 2 is 2.17 bits per heavy atom. The number of nitrogens with zero attached hydrogens (tertiary/aromatic N) is 3. The molecule has 1 amide bonds. The van der Waals surface area contributed by atoms with Crippen molar-refractivity contribution in [2.45, 2.75) is 24.6 Å². The SMILES string of the molecule is Cc1noc(C)c1CSc1ncccc1C(=O)Nc1nc(-c2ccc(Cl)s2)cs1. The number of hydrogen-bond donors (Lipinski definition) is 1. The Morgan fingerprint density at radius 3 is 2.90 bits per heavy atom. The molecule has 0 radical (unpaired) electrons. The zero-order valence-electron chi connectivity index (χ0n) is 15.4. The maximum Gasteiger partial charge on any atom is 0.260 e. The molecule has 148 valence electrons. The van der Waals surface area contributed by atoms with Crippen LogP contribution in [0.3, 0.4) is 0 Å². The molecule has 10 heteroatoms. The third-order valence-electron chi connectivity index (χ3n) is 4.10. The maximum absolute atomic E-state index is 12.8. The number of nitrogens with one attached hydrogen (secondary N) is 1. The van der Waals surface area contributed by atoms with Crippen LogP contribution in [-0.2, 0) is 5.75 Å². The molecule has 29 heavy (non-hydrogen) atoms. The van der Waals surface area contributed by atoms with Crippen LogP contribution in [0.2, 0.25) is 4.34 Å². The zero-order valence-corrected chi connectivity index (χ0v) is 18.6. The number of thioether (sulfide) groups is 1. The number of anilines is 1. The second kappa shape index (κ2) is 8.66. The smallest absolute Gasteiger partial charge is 0.260 e. The van der Waals surface area contributed by atoms with Gasteiger partial charge >= 0.3 is 0 Å². The van der Waals surface area contributed by atoms with Gasteiger partial charge in [-0.25, -0.2) is 9.97 Å². The Bertz CT molecular complexity index is 1150. The molecule has 0 aliphatic carbocycles. The number of thiazole rings is 1. The summed E-state index contributed by atoms with van der Waals surface area (Å²) in [7, 11) is 0. The number of amides is 1. The van der Waals surface area contributed by atoms with Crippen LogP contribution < -0.4 is 5.32 Å². The molecule has 4 heterocycles. The number of rotatable bonds is 6. The molecule has 0 unspecified atom stereocenters. The van der Waals surface area contributed by atoms with Crippen LogP contribution in [0.4, 0.5) is 5.13 Å². The standard InChI is InChI=1S/C19H15ClN4O2S3/c1-10-13(11(2)26-24-10)8-27-18-12(4-3-7-21-18)17(25)23-19-22-14(9-28-19)15-5-6-16(20)29-15/h3-7,9H,8H2,1-2H3,(H,22,23,25). The lowest BCUT2D eigenvalue weighted by Crippen LogP contribution is -2.13. The van der Waals surface area contributed by atoms with E-state index in [0.29, 0.717) is 25.8 Å². The lowest BCUT2D eigenvalue weighted by Gasteiger charge is -2.07. The quantitative estimate of drug-likeness (QED) is 0.350. The molecule has 0 aliphatic heterocycles. The zero-order chi connectivity index (χ0) is 20.4. The fourth-order valence-electron chi connectivity index (χ4n) is 2.59. The van der Waals surface area contributed by atoms with Gasteiger partial charge in [0.1, 0.15) is 10.8 Å². The Labute approximate surface area is 184 Å². The fourth-order valence-corrected chi connectivity index (χ4v) is 5.52. The highest BCUT2D eigenvalue weighted by molar-refractivity contribution is 7.98. The van der Waals surface area contributed by atoms with Gasteiger partial charge in [0.15, 0.2) is 5.13 Å². The molecule has 6 nitrogen and oxygen atoms in total. The first kappa shape index (κ1) is 20.1. The van der Waals surface area contributed by atoms with E-state index in [4.69, 9.17) is 16.1 Å². The van der Waals surface area contributed by atoms with Gasteiger partial charge in [0.25, 0.3) is 5.91 Å². The number of pyridine rings is 1. The maximum atomic E-state index is 12.8. The Morgan fingerprint density at radius 1 is 1.31 bits per heavy atom. The molecular formula is C19H15ClN4O2S3. The molecule has 0 atom stereocenters. The summed E-state index contributed by atoms with van der Waals surface area (Å²) in [5, 5.41) is 9.91. The van der Waals surface area contributed by atoms with Gasteiger partial charge in [-0.15, -0.1) is 34.4 Å². The van der Waals surface area contributed by atoms with E-state index in [2.05, 4.69) is 20.4 Å². The van der Waals surface area contributed by atoms with Crippen molar-refractivity contribution in [2.24, 2.45) is 0 Å². The summed E-state index contributed by atoms with van der Waals surface area (Å²) in [5.74, 6) is 1.16. The Hall–Kier alpha value is -2.20. The molecule has 0 saturated heterocycles. The number of carbonyl (C=O) groups excluding carboxylic acids is 1. The molecule has 1 N–H and O–H groups in total. The minimum absolute atomic E-state index is 0.246. The van der Waals surface area contributed by atoms with Gasteiger partial charge in [-0.1, -0.05) is 16.8 Å². The van der Waals surface area contributed by atoms with Crippen molar-refractivity contribution in [3.63, 3.8) is 0 Å². The highest BCUT2D eigenvalue weighted by Gasteiger charge is 2.17. The number of thiophene rings is 1. The van der Waals surface area contributed by atoms with Gasteiger partial charge in [-0.05, 0) is 38.1 Å². The van der Waals surface area contributed by atoms with Crippen molar-refractivity contribution in [2.75, 3.05) is 5.32 Å². The third kappa shape index (κ3) is 4.53. The van der Waals surface area contributed by atoms with Crippen LogP contribution >= 0.6 is 46.0 Å². The van der Waals surface area contributed by atoms with E-state index in [1.807, 2.05) is 31.4 Å². The van der Waals surface area contributed by atoms with Crippen LogP contribution in [-0.4, -0.2) is 21.0 Å². The minimum atomic E-state index is -0.246. The predicted molar refractivity (Wildman–Crippen MR) is 118 cm³/mol. The predicted octanol–water partition coefficient (Wildman–Crippen LogP) is 6.07. The lowest BCUT2D eigenvalue weighted by atomic mass is 10.2.